The second kappa shape index (κ2) is 5.68. The van der Waals surface area contributed by atoms with Crippen LogP contribution in [0.3, 0.4) is 0 Å². The van der Waals surface area contributed by atoms with Crippen molar-refractivity contribution in [1.82, 2.24) is 4.31 Å². The summed E-state index contributed by atoms with van der Waals surface area (Å²) in [5, 5.41) is 0. The summed E-state index contributed by atoms with van der Waals surface area (Å²) in [6.07, 6.45) is 0.626. The first kappa shape index (κ1) is 16.4. The molecule has 1 aliphatic rings. The molecule has 0 saturated carbocycles. The summed E-state index contributed by atoms with van der Waals surface area (Å²) >= 11 is 0.932. The number of ether oxygens (including phenoxy) is 1. The number of carbonyl (C=O) groups is 1. The van der Waals surface area contributed by atoms with Crippen molar-refractivity contribution in [3.05, 3.63) is 17.0 Å². The van der Waals surface area contributed by atoms with Crippen LogP contribution in [0.1, 0.15) is 29.9 Å². The highest BCUT2D eigenvalue weighted by Gasteiger charge is 2.39. The van der Waals surface area contributed by atoms with Gasteiger partial charge < -0.3 is 10.5 Å². The van der Waals surface area contributed by atoms with E-state index in [1.807, 2.05) is 13.8 Å². The van der Waals surface area contributed by atoms with Crippen molar-refractivity contribution in [2.75, 3.05) is 20.2 Å². The minimum Gasteiger partial charge on any atom is -0.465 e. The summed E-state index contributed by atoms with van der Waals surface area (Å²) in [4.78, 5) is 11.7. The maximum Gasteiger partial charge on any atom is 0.348 e. The molecule has 1 aromatic heterocycles. The molecule has 0 radical (unpaired) electrons. The van der Waals surface area contributed by atoms with Gasteiger partial charge in [-0.15, -0.1) is 11.3 Å². The summed E-state index contributed by atoms with van der Waals surface area (Å²) in [6, 6.07) is 2.91. The highest BCUT2D eigenvalue weighted by molar-refractivity contribution is 7.91. The zero-order chi connectivity index (χ0) is 15.8. The van der Waals surface area contributed by atoms with Gasteiger partial charge >= 0.3 is 5.97 Å². The number of thiophene rings is 1. The number of esters is 1. The van der Waals surface area contributed by atoms with Crippen molar-refractivity contribution in [1.29, 1.82) is 0 Å². The molecule has 1 aromatic rings. The fourth-order valence-corrected chi connectivity index (χ4v) is 5.33. The SMILES string of the molecule is COC(=O)c1ccc(S(=O)(=O)N2CCC(N)C(C)(C)C2)s1. The van der Waals surface area contributed by atoms with E-state index < -0.39 is 16.0 Å². The Morgan fingerprint density at radius 2 is 2.14 bits per heavy atom. The van der Waals surface area contributed by atoms with E-state index in [2.05, 4.69) is 4.74 Å². The third-order valence-corrected chi connectivity index (χ3v) is 7.22. The molecule has 2 heterocycles. The summed E-state index contributed by atoms with van der Waals surface area (Å²) in [7, 11) is -2.32. The molecule has 1 saturated heterocycles. The fourth-order valence-electron chi connectivity index (χ4n) is 2.33. The van der Waals surface area contributed by atoms with Crippen molar-refractivity contribution >= 4 is 27.3 Å². The number of nitrogens with zero attached hydrogens (tertiary/aromatic N) is 1. The zero-order valence-electron chi connectivity index (χ0n) is 12.3. The topological polar surface area (TPSA) is 89.7 Å². The number of hydrogen-bond acceptors (Lipinski definition) is 6. The molecule has 6 nitrogen and oxygen atoms in total. The smallest absolute Gasteiger partial charge is 0.348 e. The summed E-state index contributed by atoms with van der Waals surface area (Å²) in [6.45, 7) is 4.71. The van der Waals surface area contributed by atoms with Gasteiger partial charge in [-0.3, -0.25) is 0 Å². The van der Waals surface area contributed by atoms with Crippen LogP contribution in [0.15, 0.2) is 16.3 Å². The molecule has 118 valence electrons. The Hall–Kier alpha value is -0.960. The summed E-state index contributed by atoms with van der Waals surface area (Å²) in [5.74, 6) is -0.526. The largest absolute Gasteiger partial charge is 0.465 e. The number of hydrogen-bond donors (Lipinski definition) is 1. The van der Waals surface area contributed by atoms with E-state index in [4.69, 9.17) is 5.73 Å². The quantitative estimate of drug-likeness (QED) is 0.842. The third kappa shape index (κ3) is 3.13. The van der Waals surface area contributed by atoms with E-state index in [1.54, 1.807) is 0 Å². The fraction of sp³-hybridized carbons (Fsp3) is 0.615. The van der Waals surface area contributed by atoms with E-state index in [-0.39, 0.29) is 20.5 Å². The Morgan fingerprint density at radius 1 is 1.48 bits per heavy atom. The van der Waals surface area contributed by atoms with Gasteiger partial charge in [-0.1, -0.05) is 13.8 Å². The van der Waals surface area contributed by atoms with E-state index >= 15 is 0 Å². The Kier molecular flexibility index (Phi) is 4.44. The molecule has 8 heteroatoms. The molecule has 2 rings (SSSR count). The normalized spacial score (nSPS) is 23.0. The van der Waals surface area contributed by atoms with Crippen LogP contribution < -0.4 is 5.73 Å². The molecule has 1 atom stereocenters. The zero-order valence-corrected chi connectivity index (χ0v) is 14.0. The average Bonchev–Trinajstić information content (AvgIpc) is 2.91. The Bertz CT molecular complexity index is 636. The highest BCUT2D eigenvalue weighted by atomic mass is 32.2. The molecular formula is C13H20N2O4S2. The van der Waals surface area contributed by atoms with E-state index in [9.17, 15) is 13.2 Å². The lowest BCUT2D eigenvalue weighted by Crippen LogP contribution is -2.53. The predicted octanol–water partition coefficient (Wildman–Crippen LogP) is 1.28. The van der Waals surface area contributed by atoms with Crippen LogP contribution in [-0.2, 0) is 14.8 Å². The van der Waals surface area contributed by atoms with Gasteiger partial charge in [0.25, 0.3) is 10.0 Å². The summed E-state index contributed by atoms with van der Waals surface area (Å²) < 4.78 is 31.5. The van der Waals surface area contributed by atoms with Crippen LogP contribution in [0, 0.1) is 5.41 Å². The van der Waals surface area contributed by atoms with Gasteiger partial charge in [-0.25, -0.2) is 13.2 Å². The van der Waals surface area contributed by atoms with Crippen molar-refractivity contribution in [3.8, 4) is 0 Å². The van der Waals surface area contributed by atoms with Gasteiger partial charge in [-0.2, -0.15) is 4.31 Å². The maximum absolute atomic E-state index is 12.6. The van der Waals surface area contributed by atoms with Crippen molar-refractivity contribution in [2.24, 2.45) is 11.1 Å². The minimum absolute atomic E-state index is 0.0158. The van der Waals surface area contributed by atoms with Gasteiger partial charge in [0.1, 0.15) is 9.09 Å². The van der Waals surface area contributed by atoms with E-state index in [0.717, 1.165) is 11.3 Å². The second-order valence-electron chi connectivity index (χ2n) is 5.83. The van der Waals surface area contributed by atoms with Crippen LogP contribution in [0.4, 0.5) is 0 Å². The van der Waals surface area contributed by atoms with E-state index in [1.165, 1.54) is 23.5 Å². The average molecular weight is 332 g/mol. The molecule has 0 bridgehead atoms. The molecule has 2 N–H and O–H groups in total. The van der Waals surface area contributed by atoms with Gasteiger partial charge in [0.2, 0.25) is 0 Å². The number of methoxy groups -OCH3 is 1. The lowest BCUT2D eigenvalue weighted by atomic mass is 9.81. The van der Waals surface area contributed by atoms with E-state index in [0.29, 0.717) is 19.5 Å². The third-order valence-electron chi connectivity index (χ3n) is 3.84. The van der Waals surface area contributed by atoms with Crippen LogP contribution in [0.25, 0.3) is 0 Å². The lowest BCUT2D eigenvalue weighted by Gasteiger charge is -2.41. The summed E-state index contributed by atoms with van der Waals surface area (Å²) in [5.41, 5.74) is 5.77. The molecule has 0 aromatic carbocycles. The van der Waals surface area contributed by atoms with Gasteiger partial charge in [-0.05, 0) is 24.0 Å². The second-order valence-corrected chi connectivity index (χ2v) is 9.08. The number of carbonyl (C=O) groups excluding carboxylic acids is 1. The first-order valence-corrected chi connectivity index (χ1v) is 8.88. The maximum atomic E-state index is 12.6. The molecule has 1 aliphatic heterocycles. The van der Waals surface area contributed by atoms with Crippen molar-refractivity contribution in [2.45, 2.75) is 30.5 Å². The lowest BCUT2D eigenvalue weighted by molar-refractivity contribution is 0.0606. The van der Waals surface area contributed by atoms with Gasteiger partial charge in [0, 0.05) is 19.1 Å². The number of nitrogens with two attached hydrogens (primary N) is 1. The Morgan fingerprint density at radius 3 is 2.71 bits per heavy atom. The van der Waals surface area contributed by atoms with Crippen LogP contribution in [0.2, 0.25) is 0 Å². The molecule has 0 aliphatic carbocycles. The molecule has 0 spiro atoms. The highest BCUT2D eigenvalue weighted by Crippen LogP contribution is 2.33. The first-order valence-electron chi connectivity index (χ1n) is 6.62. The van der Waals surface area contributed by atoms with Crippen molar-refractivity contribution < 1.29 is 17.9 Å². The monoisotopic (exact) mass is 332 g/mol. The standard InChI is InChI=1S/C13H20N2O4S2/c1-13(2)8-15(7-6-10(13)14)21(17,18)11-5-4-9(20-11)12(16)19-3/h4-5,10H,6-8,14H2,1-3H3. The Balaban J connectivity index is 2.26. The number of rotatable bonds is 3. The van der Waals surface area contributed by atoms with Crippen LogP contribution >= 0.6 is 11.3 Å². The first-order chi connectivity index (χ1) is 9.68. The molecule has 1 fully saturated rings. The molecular weight excluding hydrogens is 312 g/mol. The number of piperidine rings is 1. The van der Waals surface area contributed by atoms with Crippen LogP contribution in [0.5, 0.6) is 0 Å². The molecule has 0 amide bonds. The minimum atomic E-state index is -3.59. The molecule has 21 heavy (non-hydrogen) atoms. The Labute approximate surface area is 128 Å². The van der Waals surface area contributed by atoms with Crippen molar-refractivity contribution in [3.63, 3.8) is 0 Å². The van der Waals surface area contributed by atoms with Gasteiger partial charge in [0.15, 0.2) is 0 Å². The number of sulfonamides is 1. The predicted molar refractivity (Wildman–Crippen MR) is 80.8 cm³/mol. The van der Waals surface area contributed by atoms with Crippen LogP contribution in [-0.4, -0.2) is 44.9 Å². The van der Waals surface area contributed by atoms with Gasteiger partial charge in [0.05, 0.1) is 7.11 Å². The molecule has 1 unspecified atom stereocenters.